The van der Waals surface area contributed by atoms with Crippen LogP contribution >= 0.6 is 0 Å². The van der Waals surface area contributed by atoms with Crippen molar-refractivity contribution < 1.29 is 4.79 Å². The van der Waals surface area contributed by atoms with E-state index in [1.165, 1.54) is 18.5 Å². The van der Waals surface area contributed by atoms with Crippen LogP contribution in [0.15, 0.2) is 23.3 Å². The molecular formula is C11H17N3O2. The maximum Gasteiger partial charge on any atom is 0.256 e. The Hall–Kier alpha value is -1.62. The minimum absolute atomic E-state index is 0.0179. The minimum Gasteiger partial charge on any atom is -0.367 e. The van der Waals surface area contributed by atoms with Crippen LogP contribution < -0.4 is 16.5 Å². The van der Waals surface area contributed by atoms with Crippen molar-refractivity contribution in [1.29, 1.82) is 0 Å². The molecule has 0 aliphatic carbocycles. The maximum atomic E-state index is 11.7. The monoisotopic (exact) mass is 223 g/mol. The summed E-state index contributed by atoms with van der Waals surface area (Å²) < 4.78 is 0. The van der Waals surface area contributed by atoms with Crippen LogP contribution in [0, 0.1) is 0 Å². The summed E-state index contributed by atoms with van der Waals surface area (Å²) in [4.78, 5) is 25.8. The largest absolute Gasteiger partial charge is 0.367 e. The van der Waals surface area contributed by atoms with E-state index in [9.17, 15) is 9.59 Å². The lowest BCUT2D eigenvalue weighted by Crippen LogP contribution is -2.38. The van der Waals surface area contributed by atoms with Crippen molar-refractivity contribution >= 4 is 5.91 Å². The van der Waals surface area contributed by atoms with Crippen LogP contribution in [0.2, 0.25) is 0 Å². The number of aromatic nitrogens is 1. The smallest absolute Gasteiger partial charge is 0.256 e. The Bertz CT molecular complexity index is 412. The Morgan fingerprint density at radius 2 is 2.25 bits per heavy atom. The SMILES string of the molecule is CC(N)CC(C)NC(=O)c1c[nH]ccc1=O. The van der Waals surface area contributed by atoms with Crippen LogP contribution in [-0.4, -0.2) is 23.0 Å². The number of hydrogen-bond donors (Lipinski definition) is 3. The summed E-state index contributed by atoms with van der Waals surface area (Å²) in [6, 6.07) is 1.29. The first-order valence-electron chi connectivity index (χ1n) is 5.24. The van der Waals surface area contributed by atoms with Gasteiger partial charge in [-0.1, -0.05) is 0 Å². The molecular weight excluding hydrogens is 206 g/mol. The second-order valence-electron chi connectivity index (χ2n) is 4.01. The molecule has 2 atom stereocenters. The standard InChI is InChI=1S/C11H17N3O2/c1-7(12)5-8(2)14-11(16)9-6-13-4-3-10(9)15/h3-4,6-8H,5,12H2,1-2H3,(H,13,15)(H,14,16). The lowest BCUT2D eigenvalue weighted by Gasteiger charge is -2.15. The second-order valence-corrected chi connectivity index (χ2v) is 4.01. The van der Waals surface area contributed by atoms with Gasteiger partial charge in [0.15, 0.2) is 5.43 Å². The summed E-state index contributed by atoms with van der Waals surface area (Å²) >= 11 is 0. The molecule has 1 heterocycles. The highest BCUT2D eigenvalue weighted by molar-refractivity contribution is 5.93. The quantitative estimate of drug-likeness (QED) is 0.682. The van der Waals surface area contributed by atoms with Gasteiger partial charge in [-0.2, -0.15) is 0 Å². The van der Waals surface area contributed by atoms with Crippen molar-refractivity contribution in [3.8, 4) is 0 Å². The number of nitrogens with one attached hydrogen (secondary N) is 2. The van der Waals surface area contributed by atoms with Gasteiger partial charge in [-0.25, -0.2) is 0 Å². The van der Waals surface area contributed by atoms with Crippen molar-refractivity contribution in [2.45, 2.75) is 32.4 Å². The number of pyridine rings is 1. The van der Waals surface area contributed by atoms with Gasteiger partial charge in [0.25, 0.3) is 5.91 Å². The first-order valence-corrected chi connectivity index (χ1v) is 5.24. The van der Waals surface area contributed by atoms with E-state index < -0.39 is 0 Å². The average molecular weight is 223 g/mol. The fourth-order valence-electron chi connectivity index (χ4n) is 1.51. The molecule has 0 saturated carbocycles. The first-order chi connectivity index (χ1) is 7.50. The van der Waals surface area contributed by atoms with E-state index in [2.05, 4.69) is 10.3 Å². The Balaban J connectivity index is 2.66. The number of amides is 1. The van der Waals surface area contributed by atoms with Gasteiger partial charge in [-0.15, -0.1) is 0 Å². The Kier molecular flexibility index (Phi) is 4.25. The summed E-state index contributed by atoms with van der Waals surface area (Å²) in [5.41, 5.74) is 5.45. The molecule has 2 unspecified atom stereocenters. The van der Waals surface area contributed by atoms with Gasteiger partial charge in [0.2, 0.25) is 0 Å². The van der Waals surface area contributed by atoms with Gasteiger partial charge in [0.1, 0.15) is 5.56 Å². The Labute approximate surface area is 94.1 Å². The molecule has 0 aromatic carbocycles. The van der Waals surface area contributed by atoms with Crippen molar-refractivity contribution in [1.82, 2.24) is 10.3 Å². The molecule has 5 nitrogen and oxygen atoms in total. The molecule has 4 N–H and O–H groups in total. The number of carbonyl (C=O) groups excluding carboxylic acids is 1. The lowest BCUT2D eigenvalue weighted by molar-refractivity contribution is 0.0936. The fraction of sp³-hybridized carbons (Fsp3) is 0.455. The number of H-pyrrole nitrogens is 1. The fourth-order valence-corrected chi connectivity index (χ4v) is 1.51. The van der Waals surface area contributed by atoms with Crippen molar-refractivity contribution in [3.05, 3.63) is 34.2 Å². The first kappa shape index (κ1) is 12.4. The summed E-state index contributed by atoms with van der Waals surface area (Å²) in [5, 5.41) is 2.73. The van der Waals surface area contributed by atoms with E-state index in [1.807, 2.05) is 13.8 Å². The lowest BCUT2D eigenvalue weighted by atomic mass is 10.1. The van der Waals surface area contributed by atoms with E-state index in [0.717, 1.165) is 0 Å². The molecule has 0 bridgehead atoms. The van der Waals surface area contributed by atoms with Crippen molar-refractivity contribution in [2.24, 2.45) is 5.73 Å². The molecule has 0 fully saturated rings. The van der Waals surface area contributed by atoms with Gasteiger partial charge in [-0.05, 0) is 20.3 Å². The third kappa shape index (κ3) is 3.51. The molecule has 5 heteroatoms. The van der Waals surface area contributed by atoms with E-state index in [1.54, 1.807) is 0 Å². The maximum absolute atomic E-state index is 11.7. The predicted molar refractivity (Wildman–Crippen MR) is 62.3 cm³/mol. The molecule has 0 aliphatic heterocycles. The number of rotatable bonds is 4. The highest BCUT2D eigenvalue weighted by Crippen LogP contribution is 1.96. The molecule has 1 aromatic heterocycles. The van der Waals surface area contributed by atoms with Crippen LogP contribution in [0.25, 0.3) is 0 Å². The third-order valence-electron chi connectivity index (χ3n) is 2.17. The molecule has 88 valence electrons. The zero-order chi connectivity index (χ0) is 12.1. The minimum atomic E-state index is -0.366. The zero-order valence-electron chi connectivity index (χ0n) is 9.49. The highest BCUT2D eigenvalue weighted by atomic mass is 16.2. The number of nitrogens with two attached hydrogens (primary N) is 1. The average Bonchev–Trinajstić information content (AvgIpc) is 2.16. The Morgan fingerprint density at radius 1 is 1.56 bits per heavy atom. The van der Waals surface area contributed by atoms with E-state index in [4.69, 9.17) is 5.73 Å². The van der Waals surface area contributed by atoms with Gasteiger partial charge in [0, 0.05) is 30.5 Å². The van der Waals surface area contributed by atoms with E-state index in [-0.39, 0.29) is 29.0 Å². The normalized spacial score (nSPS) is 14.2. The molecule has 0 spiro atoms. The zero-order valence-corrected chi connectivity index (χ0v) is 9.49. The molecule has 0 radical (unpaired) electrons. The molecule has 1 amide bonds. The van der Waals surface area contributed by atoms with Gasteiger partial charge < -0.3 is 16.0 Å². The van der Waals surface area contributed by atoms with Crippen LogP contribution in [-0.2, 0) is 0 Å². The van der Waals surface area contributed by atoms with Crippen molar-refractivity contribution in [3.63, 3.8) is 0 Å². The van der Waals surface area contributed by atoms with E-state index in [0.29, 0.717) is 6.42 Å². The number of carbonyl (C=O) groups is 1. The molecule has 1 aromatic rings. The summed E-state index contributed by atoms with van der Waals surface area (Å²) in [5.74, 6) is -0.366. The van der Waals surface area contributed by atoms with Crippen molar-refractivity contribution in [2.75, 3.05) is 0 Å². The Morgan fingerprint density at radius 3 is 2.81 bits per heavy atom. The molecule has 16 heavy (non-hydrogen) atoms. The molecule has 0 aliphatic rings. The van der Waals surface area contributed by atoms with Gasteiger partial charge in [-0.3, -0.25) is 9.59 Å². The second kappa shape index (κ2) is 5.46. The third-order valence-corrected chi connectivity index (χ3v) is 2.17. The van der Waals surface area contributed by atoms with Crippen LogP contribution in [0.5, 0.6) is 0 Å². The van der Waals surface area contributed by atoms with E-state index >= 15 is 0 Å². The topological polar surface area (TPSA) is 88.0 Å². The number of hydrogen-bond acceptors (Lipinski definition) is 3. The van der Waals surface area contributed by atoms with Crippen LogP contribution in [0.3, 0.4) is 0 Å². The number of aromatic amines is 1. The van der Waals surface area contributed by atoms with Gasteiger partial charge in [0.05, 0.1) is 0 Å². The summed E-state index contributed by atoms with van der Waals surface area (Å²) in [7, 11) is 0. The molecule has 1 rings (SSSR count). The summed E-state index contributed by atoms with van der Waals surface area (Å²) in [6.07, 6.45) is 3.57. The van der Waals surface area contributed by atoms with Crippen LogP contribution in [0.1, 0.15) is 30.6 Å². The van der Waals surface area contributed by atoms with Crippen LogP contribution in [0.4, 0.5) is 0 Å². The highest BCUT2D eigenvalue weighted by Gasteiger charge is 2.13. The predicted octanol–water partition coefficient (Wildman–Crippen LogP) is 0.231. The van der Waals surface area contributed by atoms with Gasteiger partial charge >= 0.3 is 0 Å². The summed E-state index contributed by atoms with van der Waals surface area (Å²) in [6.45, 7) is 3.73. The molecule has 0 saturated heterocycles.